The number of hydrogen-bond donors (Lipinski definition) is 0. The van der Waals surface area contributed by atoms with Gasteiger partial charge in [0.1, 0.15) is 5.75 Å². The third-order valence-corrected chi connectivity index (χ3v) is 4.45. The van der Waals surface area contributed by atoms with Crippen LogP contribution in [0.5, 0.6) is 5.75 Å². The van der Waals surface area contributed by atoms with E-state index in [4.69, 9.17) is 4.74 Å². The highest BCUT2D eigenvalue weighted by molar-refractivity contribution is 5.77. The molecule has 3 rings (SSSR count). The number of likely N-dealkylation sites (tertiary alicyclic amines) is 1. The zero-order valence-corrected chi connectivity index (χ0v) is 13.4. The fourth-order valence-electron chi connectivity index (χ4n) is 3.27. The van der Waals surface area contributed by atoms with Gasteiger partial charge in [-0.05, 0) is 43.0 Å². The van der Waals surface area contributed by atoms with Gasteiger partial charge in [-0.3, -0.25) is 9.78 Å². The number of para-hydroxylation sites is 1. The zero-order chi connectivity index (χ0) is 16.1. The van der Waals surface area contributed by atoms with E-state index in [-0.39, 0.29) is 11.9 Å². The fraction of sp³-hybridized carbons (Fsp3) is 0.368. The quantitative estimate of drug-likeness (QED) is 0.850. The number of rotatable bonds is 5. The summed E-state index contributed by atoms with van der Waals surface area (Å²) >= 11 is 0. The van der Waals surface area contributed by atoms with Gasteiger partial charge in [0.2, 0.25) is 5.91 Å². The second-order valence-electron chi connectivity index (χ2n) is 5.84. The Labute approximate surface area is 137 Å². The first-order valence-electron chi connectivity index (χ1n) is 8.11. The molecule has 1 aliphatic rings. The molecule has 0 radical (unpaired) electrons. The number of nitrogens with zero attached hydrogens (tertiary/aromatic N) is 2. The molecule has 0 saturated carbocycles. The predicted octanol–water partition coefficient (Wildman–Crippen LogP) is 3.39. The lowest BCUT2D eigenvalue weighted by Gasteiger charge is -2.26. The van der Waals surface area contributed by atoms with E-state index in [0.717, 1.165) is 42.7 Å². The summed E-state index contributed by atoms with van der Waals surface area (Å²) in [5, 5.41) is 0. The molecular weight excluding hydrogens is 288 g/mol. The summed E-state index contributed by atoms with van der Waals surface area (Å²) in [7, 11) is 1.68. The van der Waals surface area contributed by atoms with Crippen LogP contribution in [-0.2, 0) is 11.2 Å². The molecule has 4 nitrogen and oxygen atoms in total. The Morgan fingerprint density at radius 3 is 2.83 bits per heavy atom. The van der Waals surface area contributed by atoms with E-state index in [1.54, 1.807) is 19.5 Å². The molecule has 0 N–H and O–H groups in total. The Balaban J connectivity index is 1.70. The van der Waals surface area contributed by atoms with Crippen molar-refractivity contribution in [2.75, 3.05) is 13.7 Å². The Morgan fingerprint density at radius 2 is 2.04 bits per heavy atom. The number of amides is 1. The van der Waals surface area contributed by atoms with Crippen LogP contribution >= 0.6 is 0 Å². The number of hydrogen-bond acceptors (Lipinski definition) is 3. The SMILES string of the molecule is COc1ccccc1[C@H]1CCCN1C(=O)CCc1ccncc1. The van der Waals surface area contributed by atoms with Crippen LogP contribution in [0.2, 0.25) is 0 Å². The van der Waals surface area contributed by atoms with Gasteiger partial charge in [-0.15, -0.1) is 0 Å². The minimum absolute atomic E-state index is 0.135. The van der Waals surface area contributed by atoms with Crippen molar-refractivity contribution >= 4 is 5.91 Å². The maximum Gasteiger partial charge on any atom is 0.223 e. The highest BCUT2D eigenvalue weighted by Gasteiger charge is 2.31. The second kappa shape index (κ2) is 7.27. The number of aromatic nitrogens is 1. The molecule has 4 heteroatoms. The molecule has 2 heterocycles. The lowest BCUT2D eigenvalue weighted by atomic mass is 10.0. The summed E-state index contributed by atoms with van der Waals surface area (Å²) in [6.45, 7) is 0.831. The van der Waals surface area contributed by atoms with Crippen LogP contribution < -0.4 is 4.74 Å². The van der Waals surface area contributed by atoms with Gasteiger partial charge in [-0.1, -0.05) is 18.2 Å². The molecule has 1 aliphatic heterocycles. The first-order chi connectivity index (χ1) is 11.3. The number of aryl methyl sites for hydroxylation is 1. The van der Waals surface area contributed by atoms with Crippen molar-refractivity contribution in [1.29, 1.82) is 0 Å². The molecule has 120 valence electrons. The summed E-state index contributed by atoms with van der Waals surface area (Å²) in [5.41, 5.74) is 2.27. The molecule has 0 spiro atoms. The van der Waals surface area contributed by atoms with Crippen molar-refractivity contribution in [1.82, 2.24) is 9.88 Å². The monoisotopic (exact) mass is 310 g/mol. The maximum atomic E-state index is 12.7. The highest BCUT2D eigenvalue weighted by Crippen LogP contribution is 2.37. The summed E-state index contributed by atoms with van der Waals surface area (Å²) in [4.78, 5) is 18.7. The minimum atomic E-state index is 0.135. The summed E-state index contributed by atoms with van der Waals surface area (Å²) < 4.78 is 5.47. The molecule has 1 amide bonds. The molecule has 0 bridgehead atoms. The maximum absolute atomic E-state index is 12.7. The molecule has 1 atom stereocenters. The van der Waals surface area contributed by atoms with E-state index < -0.39 is 0 Å². The normalized spacial score (nSPS) is 17.3. The van der Waals surface area contributed by atoms with Crippen LogP contribution in [0.1, 0.15) is 36.4 Å². The van der Waals surface area contributed by atoms with Crippen molar-refractivity contribution in [3.63, 3.8) is 0 Å². The molecule has 0 unspecified atom stereocenters. The second-order valence-corrected chi connectivity index (χ2v) is 5.84. The average Bonchev–Trinajstić information content (AvgIpc) is 3.10. The Morgan fingerprint density at radius 1 is 1.26 bits per heavy atom. The Kier molecular flexibility index (Phi) is 4.91. The number of methoxy groups -OCH3 is 1. The van der Waals surface area contributed by atoms with Crippen LogP contribution in [0, 0.1) is 0 Å². The van der Waals surface area contributed by atoms with Gasteiger partial charge in [0.25, 0.3) is 0 Å². The topological polar surface area (TPSA) is 42.4 Å². The van der Waals surface area contributed by atoms with Gasteiger partial charge >= 0.3 is 0 Å². The number of carbonyl (C=O) groups is 1. The smallest absolute Gasteiger partial charge is 0.223 e. The largest absolute Gasteiger partial charge is 0.496 e. The first-order valence-corrected chi connectivity index (χ1v) is 8.11. The fourth-order valence-corrected chi connectivity index (χ4v) is 3.27. The third-order valence-electron chi connectivity index (χ3n) is 4.45. The van der Waals surface area contributed by atoms with Crippen molar-refractivity contribution in [3.05, 3.63) is 59.9 Å². The standard InChI is InChI=1S/C19H22N2O2/c1-23-18-7-3-2-5-16(18)17-6-4-14-21(17)19(22)9-8-15-10-12-20-13-11-15/h2-3,5,7,10-13,17H,4,6,8-9,14H2,1H3/t17-/m1/s1. The summed E-state index contributed by atoms with van der Waals surface area (Å²) in [6, 6.07) is 12.1. The summed E-state index contributed by atoms with van der Waals surface area (Å²) in [5.74, 6) is 1.08. The van der Waals surface area contributed by atoms with Crippen LogP contribution in [-0.4, -0.2) is 29.4 Å². The molecule has 1 aromatic carbocycles. The van der Waals surface area contributed by atoms with Crippen LogP contribution in [0.25, 0.3) is 0 Å². The van der Waals surface area contributed by atoms with Crippen LogP contribution in [0.4, 0.5) is 0 Å². The van der Waals surface area contributed by atoms with Crippen LogP contribution in [0.15, 0.2) is 48.8 Å². The molecule has 1 saturated heterocycles. The van der Waals surface area contributed by atoms with Crippen molar-refractivity contribution in [2.24, 2.45) is 0 Å². The third kappa shape index (κ3) is 3.52. The summed E-state index contributed by atoms with van der Waals surface area (Å²) in [6.07, 6.45) is 6.89. The van der Waals surface area contributed by atoms with Crippen molar-refractivity contribution in [3.8, 4) is 5.75 Å². The van der Waals surface area contributed by atoms with E-state index in [1.807, 2.05) is 35.2 Å². The molecule has 0 aliphatic carbocycles. The highest BCUT2D eigenvalue weighted by atomic mass is 16.5. The van der Waals surface area contributed by atoms with E-state index in [0.29, 0.717) is 6.42 Å². The lowest BCUT2D eigenvalue weighted by molar-refractivity contribution is -0.132. The number of benzene rings is 1. The van der Waals surface area contributed by atoms with Crippen LogP contribution in [0.3, 0.4) is 0 Å². The van der Waals surface area contributed by atoms with Crippen molar-refractivity contribution in [2.45, 2.75) is 31.7 Å². The van der Waals surface area contributed by atoms with E-state index in [9.17, 15) is 4.79 Å². The number of carbonyl (C=O) groups excluding carboxylic acids is 1. The molecule has 2 aromatic rings. The Bertz CT molecular complexity index is 657. The average molecular weight is 310 g/mol. The van der Waals surface area contributed by atoms with E-state index in [1.165, 1.54) is 0 Å². The van der Waals surface area contributed by atoms with Crippen molar-refractivity contribution < 1.29 is 9.53 Å². The van der Waals surface area contributed by atoms with Gasteiger partial charge in [0.15, 0.2) is 0 Å². The van der Waals surface area contributed by atoms with Gasteiger partial charge in [-0.25, -0.2) is 0 Å². The number of pyridine rings is 1. The molecule has 23 heavy (non-hydrogen) atoms. The minimum Gasteiger partial charge on any atom is -0.496 e. The first kappa shape index (κ1) is 15.5. The molecular formula is C19H22N2O2. The van der Waals surface area contributed by atoms with E-state index >= 15 is 0 Å². The lowest BCUT2D eigenvalue weighted by Crippen LogP contribution is -2.30. The molecule has 1 fully saturated rings. The van der Waals surface area contributed by atoms with Gasteiger partial charge < -0.3 is 9.64 Å². The zero-order valence-electron chi connectivity index (χ0n) is 13.4. The van der Waals surface area contributed by atoms with Gasteiger partial charge in [-0.2, -0.15) is 0 Å². The van der Waals surface area contributed by atoms with E-state index in [2.05, 4.69) is 11.1 Å². The van der Waals surface area contributed by atoms with Gasteiger partial charge in [0, 0.05) is 30.9 Å². The molecule has 1 aromatic heterocycles. The predicted molar refractivity (Wildman–Crippen MR) is 89.2 cm³/mol. The number of ether oxygens (including phenoxy) is 1. The van der Waals surface area contributed by atoms with Gasteiger partial charge in [0.05, 0.1) is 13.2 Å². The Hall–Kier alpha value is -2.36.